The van der Waals surface area contributed by atoms with Crippen LogP contribution in [-0.4, -0.2) is 39.6 Å². The van der Waals surface area contributed by atoms with E-state index in [0.717, 1.165) is 32.1 Å². The average molecular weight is 517 g/mol. The van der Waals surface area contributed by atoms with E-state index in [9.17, 15) is 20.1 Å². The highest BCUT2D eigenvalue weighted by molar-refractivity contribution is 5.66. The van der Waals surface area contributed by atoms with Crippen LogP contribution >= 0.6 is 0 Å². The minimum atomic E-state index is -0.754. The molecule has 1 unspecified atom stereocenters. The zero-order valence-electron chi connectivity index (χ0n) is 24.5. The maximum absolute atomic E-state index is 11.8. The van der Waals surface area contributed by atoms with E-state index in [0.29, 0.717) is 30.1 Å². The molecule has 2 fully saturated rings. The molecule has 37 heavy (non-hydrogen) atoms. The lowest BCUT2D eigenvalue weighted by Crippen LogP contribution is -2.60. The summed E-state index contributed by atoms with van der Waals surface area (Å²) >= 11 is 0. The Bertz CT molecular complexity index is 947. The third-order valence-corrected chi connectivity index (χ3v) is 11.6. The van der Waals surface area contributed by atoms with Crippen LogP contribution in [0.4, 0.5) is 0 Å². The van der Waals surface area contributed by atoms with Crippen molar-refractivity contribution in [2.45, 2.75) is 125 Å². The molecular weight excluding hydrogens is 464 g/mol. The van der Waals surface area contributed by atoms with E-state index in [1.165, 1.54) is 36.5 Å². The Hall–Kier alpha value is -1.17. The van der Waals surface area contributed by atoms with Crippen LogP contribution in [-0.2, 0) is 9.53 Å². The molecule has 0 aromatic heterocycles. The summed E-state index contributed by atoms with van der Waals surface area (Å²) in [6.07, 6.45) is 7.38. The molecule has 0 saturated heterocycles. The maximum atomic E-state index is 11.8. The van der Waals surface area contributed by atoms with Gasteiger partial charge in [0, 0.05) is 6.92 Å². The first-order valence-electron chi connectivity index (χ1n) is 14.8. The second-order valence-corrected chi connectivity index (χ2v) is 14.4. The van der Waals surface area contributed by atoms with Crippen molar-refractivity contribution in [2.24, 2.45) is 45.8 Å². The normalized spacial score (nSPS) is 42.2. The average Bonchev–Trinajstić information content (AvgIpc) is 3.13. The van der Waals surface area contributed by atoms with Crippen LogP contribution < -0.4 is 0 Å². The topological polar surface area (TPSA) is 87.0 Å². The van der Waals surface area contributed by atoms with Gasteiger partial charge >= 0.3 is 5.97 Å². The molecular formula is C32H52O5. The quantitative estimate of drug-likeness (QED) is 0.223. The predicted octanol–water partition coefficient (Wildman–Crippen LogP) is 6.17. The van der Waals surface area contributed by atoms with Gasteiger partial charge in [-0.15, -0.1) is 0 Å². The first kappa shape index (κ1) is 28.8. The highest BCUT2D eigenvalue weighted by Crippen LogP contribution is 2.68. The van der Waals surface area contributed by atoms with Crippen LogP contribution in [0.15, 0.2) is 23.0 Å². The fourth-order valence-corrected chi connectivity index (χ4v) is 9.78. The highest BCUT2D eigenvalue weighted by atomic mass is 16.5. The van der Waals surface area contributed by atoms with Gasteiger partial charge in [0.15, 0.2) is 0 Å². The van der Waals surface area contributed by atoms with E-state index < -0.39 is 18.3 Å². The van der Waals surface area contributed by atoms with Crippen molar-refractivity contribution in [3.8, 4) is 0 Å². The lowest BCUT2D eigenvalue weighted by molar-refractivity contribution is -0.161. The monoisotopic (exact) mass is 516 g/mol. The number of ether oxygens (including phenoxy) is 1. The summed E-state index contributed by atoms with van der Waals surface area (Å²) in [7, 11) is 0. The third kappa shape index (κ3) is 4.76. The molecule has 0 spiro atoms. The fourth-order valence-electron chi connectivity index (χ4n) is 9.78. The summed E-state index contributed by atoms with van der Waals surface area (Å²) in [6.45, 7) is 17.0. The number of aliphatic hydroxyl groups excluding tert-OH is 3. The molecule has 5 nitrogen and oxygen atoms in total. The van der Waals surface area contributed by atoms with Crippen LogP contribution in [0.1, 0.15) is 107 Å². The van der Waals surface area contributed by atoms with E-state index in [1.807, 2.05) is 0 Å². The summed E-state index contributed by atoms with van der Waals surface area (Å²) in [5, 5.41) is 33.5. The number of fused-ring (bicyclic) bond motifs is 4. The van der Waals surface area contributed by atoms with Crippen molar-refractivity contribution in [1.29, 1.82) is 0 Å². The molecule has 0 aromatic carbocycles. The zero-order valence-corrected chi connectivity index (χ0v) is 24.5. The smallest absolute Gasteiger partial charge is 0.307 e. The summed E-state index contributed by atoms with van der Waals surface area (Å²) < 4.78 is 5.21. The summed E-state index contributed by atoms with van der Waals surface area (Å²) in [5.41, 5.74) is 3.29. The summed E-state index contributed by atoms with van der Waals surface area (Å²) in [6, 6.07) is 0. The predicted molar refractivity (Wildman–Crippen MR) is 146 cm³/mol. The number of esters is 1. The molecule has 5 heteroatoms. The minimum absolute atomic E-state index is 0.0702. The molecule has 4 aliphatic carbocycles. The van der Waals surface area contributed by atoms with Crippen LogP contribution in [0.3, 0.4) is 0 Å². The molecule has 0 aliphatic heterocycles. The van der Waals surface area contributed by atoms with Gasteiger partial charge in [0.2, 0.25) is 0 Å². The molecule has 4 aliphatic rings. The van der Waals surface area contributed by atoms with Gasteiger partial charge in [0.05, 0.1) is 24.6 Å². The van der Waals surface area contributed by atoms with Crippen molar-refractivity contribution in [2.75, 3.05) is 0 Å². The van der Waals surface area contributed by atoms with Crippen LogP contribution in [0.5, 0.6) is 0 Å². The van der Waals surface area contributed by atoms with E-state index in [-0.39, 0.29) is 28.1 Å². The van der Waals surface area contributed by atoms with E-state index in [2.05, 4.69) is 48.5 Å². The minimum Gasteiger partial charge on any atom is -0.435 e. The molecule has 0 amide bonds. The maximum Gasteiger partial charge on any atom is 0.307 e. The first-order valence-corrected chi connectivity index (χ1v) is 14.8. The number of carbonyl (C=O) groups excluding carboxylic acids is 1. The van der Waals surface area contributed by atoms with Gasteiger partial charge in [0.1, 0.15) is 0 Å². The third-order valence-electron chi connectivity index (χ3n) is 11.6. The van der Waals surface area contributed by atoms with Crippen molar-refractivity contribution in [3.05, 3.63) is 23.0 Å². The van der Waals surface area contributed by atoms with Gasteiger partial charge in [-0.2, -0.15) is 0 Å². The van der Waals surface area contributed by atoms with Gasteiger partial charge < -0.3 is 20.1 Å². The molecule has 0 aromatic rings. The Labute approximate surface area is 224 Å². The highest BCUT2D eigenvalue weighted by Gasteiger charge is 2.62. The number of hydrogen-bond donors (Lipinski definition) is 3. The Morgan fingerprint density at radius 1 is 1.05 bits per heavy atom. The molecule has 3 N–H and O–H groups in total. The molecule has 210 valence electrons. The van der Waals surface area contributed by atoms with Crippen molar-refractivity contribution < 1.29 is 24.9 Å². The van der Waals surface area contributed by atoms with Gasteiger partial charge in [-0.05, 0) is 108 Å². The lowest BCUT2D eigenvalue weighted by atomic mass is 9.45. The lowest BCUT2D eigenvalue weighted by Gasteiger charge is -2.61. The summed E-state index contributed by atoms with van der Waals surface area (Å²) in [5.74, 6) is 1.87. The molecule has 4 rings (SSSR count). The number of allylic oxidation sites excluding steroid dienone is 2. The number of aliphatic hydroxyl groups is 3. The molecule has 0 heterocycles. The molecule has 0 bridgehead atoms. The first-order chi connectivity index (χ1) is 17.1. The Morgan fingerprint density at radius 2 is 1.73 bits per heavy atom. The largest absolute Gasteiger partial charge is 0.435 e. The van der Waals surface area contributed by atoms with Crippen molar-refractivity contribution in [1.82, 2.24) is 0 Å². The van der Waals surface area contributed by atoms with Gasteiger partial charge in [-0.25, -0.2) is 0 Å². The molecule has 0 radical (unpaired) electrons. The number of rotatable bonds is 6. The van der Waals surface area contributed by atoms with Crippen LogP contribution in [0.2, 0.25) is 0 Å². The zero-order chi connectivity index (χ0) is 27.5. The number of carbonyl (C=O) groups is 1. The Kier molecular flexibility index (Phi) is 7.87. The fraction of sp³-hybridized carbons (Fsp3) is 0.844. The SMILES string of the molecule is CC(=O)OC=C(CC[C@@H](C)[C@H]1CC[C@H]2C3=C([C@@H](O)C[C@]12C)[C@@]1(C)C[C@@H](O)[C@H](O)C(C)(C)C1CC3)C(C)C. The van der Waals surface area contributed by atoms with Crippen molar-refractivity contribution >= 4 is 5.97 Å². The summed E-state index contributed by atoms with van der Waals surface area (Å²) in [4.78, 5) is 11.3. The van der Waals surface area contributed by atoms with Crippen LogP contribution in [0.25, 0.3) is 0 Å². The second kappa shape index (κ2) is 10.1. The Balaban J connectivity index is 1.58. The van der Waals surface area contributed by atoms with Crippen molar-refractivity contribution in [3.63, 3.8) is 0 Å². The van der Waals surface area contributed by atoms with E-state index in [1.54, 1.807) is 6.26 Å². The van der Waals surface area contributed by atoms with E-state index in [4.69, 9.17) is 4.74 Å². The standard InChI is InChI=1S/C32H52O5/c1-18(2)21(17-37-20(4)33)10-9-19(3)23-12-13-24-22-11-14-27-30(5,6)29(36)26(35)16-32(27,8)28(22)25(34)15-31(23,24)7/h17-19,23-27,29,34-36H,9-16H2,1-8H3/t19-,23-,24+,25+,26-,27?,29+,31-,32+/m1/s1. The second-order valence-electron chi connectivity index (χ2n) is 14.4. The van der Waals surface area contributed by atoms with Crippen LogP contribution in [0, 0.1) is 45.8 Å². The van der Waals surface area contributed by atoms with Gasteiger partial charge in [-0.3, -0.25) is 4.79 Å². The molecule has 2 saturated carbocycles. The van der Waals surface area contributed by atoms with Gasteiger partial charge in [-0.1, -0.05) is 54.0 Å². The van der Waals surface area contributed by atoms with E-state index >= 15 is 0 Å². The Morgan fingerprint density at radius 3 is 2.35 bits per heavy atom. The molecule has 9 atom stereocenters. The van der Waals surface area contributed by atoms with Gasteiger partial charge in [0.25, 0.3) is 0 Å². The number of hydrogen-bond acceptors (Lipinski definition) is 5.